The van der Waals surface area contributed by atoms with E-state index in [0.29, 0.717) is 32.2 Å². The van der Waals surface area contributed by atoms with Crippen LogP contribution in [-0.4, -0.2) is 56.0 Å². The van der Waals surface area contributed by atoms with Crippen LogP contribution in [-0.2, 0) is 19.1 Å². The van der Waals surface area contributed by atoms with E-state index in [1.807, 2.05) is 12.1 Å². The van der Waals surface area contributed by atoms with Gasteiger partial charge >= 0.3 is 5.97 Å². The smallest absolute Gasteiger partial charge is 0.307 e. The number of anilines is 1. The molecule has 3 rings (SSSR count). The highest BCUT2D eigenvalue weighted by atomic mass is 16.5. The molecule has 1 atom stereocenters. The molecule has 0 aromatic heterocycles. The summed E-state index contributed by atoms with van der Waals surface area (Å²) < 4.78 is 10.1. The van der Waals surface area contributed by atoms with Gasteiger partial charge in [-0.3, -0.25) is 14.4 Å². The van der Waals surface area contributed by atoms with Crippen molar-refractivity contribution in [2.75, 3.05) is 38.3 Å². The number of methoxy groups -OCH3 is 1. The molecule has 1 aliphatic carbocycles. The molecule has 1 aliphatic heterocycles. The summed E-state index contributed by atoms with van der Waals surface area (Å²) in [6.07, 6.45) is 2.62. The van der Waals surface area contributed by atoms with Gasteiger partial charge in [0.2, 0.25) is 11.8 Å². The number of esters is 1. The van der Waals surface area contributed by atoms with Gasteiger partial charge in [0.05, 0.1) is 26.1 Å². The number of carbonyl (C=O) groups is 3. The van der Waals surface area contributed by atoms with Gasteiger partial charge in [0.1, 0.15) is 5.75 Å². The van der Waals surface area contributed by atoms with Crippen LogP contribution in [0.2, 0.25) is 0 Å². The molecule has 7 nitrogen and oxygen atoms in total. The molecule has 1 aromatic carbocycles. The Morgan fingerprint density at radius 1 is 1.21 bits per heavy atom. The van der Waals surface area contributed by atoms with Gasteiger partial charge in [-0.05, 0) is 49.9 Å². The Labute approximate surface area is 165 Å². The molecule has 152 valence electrons. The van der Waals surface area contributed by atoms with Crippen LogP contribution < -0.4 is 9.64 Å². The summed E-state index contributed by atoms with van der Waals surface area (Å²) in [7, 11) is 1.59. The number of carbonyl (C=O) groups excluding carboxylic acids is 3. The molecule has 28 heavy (non-hydrogen) atoms. The largest absolute Gasteiger partial charge is 0.497 e. The van der Waals surface area contributed by atoms with Crippen molar-refractivity contribution in [2.45, 2.75) is 32.6 Å². The molecular formula is C21H28N2O5. The van der Waals surface area contributed by atoms with Gasteiger partial charge < -0.3 is 19.3 Å². The maximum absolute atomic E-state index is 13.1. The van der Waals surface area contributed by atoms with Crippen molar-refractivity contribution >= 4 is 23.5 Å². The molecule has 0 unspecified atom stereocenters. The minimum absolute atomic E-state index is 0.0411. The average molecular weight is 388 g/mol. The first-order chi connectivity index (χ1) is 13.5. The Morgan fingerprint density at radius 3 is 2.54 bits per heavy atom. The van der Waals surface area contributed by atoms with Gasteiger partial charge in [0.25, 0.3) is 0 Å². The van der Waals surface area contributed by atoms with Gasteiger partial charge in [-0.15, -0.1) is 0 Å². The summed E-state index contributed by atoms with van der Waals surface area (Å²) in [5.41, 5.74) is 0.765. The first kappa shape index (κ1) is 20.2. The minimum atomic E-state index is -0.379. The summed E-state index contributed by atoms with van der Waals surface area (Å²) in [4.78, 5) is 40.7. The molecule has 1 saturated carbocycles. The SMILES string of the molecule is CCOC(=O)CCN(CC1CC1)C(=O)[C@@H]1CC(=O)N(c2ccc(OC)cc2)C1. The second kappa shape index (κ2) is 9.08. The summed E-state index contributed by atoms with van der Waals surface area (Å²) >= 11 is 0. The van der Waals surface area contributed by atoms with E-state index < -0.39 is 0 Å². The van der Waals surface area contributed by atoms with Gasteiger partial charge in [0, 0.05) is 31.7 Å². The minimum Gasteiger partial charge on any atom is -0.497 e. The van der Waals surface area contributed by atoms with E-state index >= 15 is 0 Å². The van der Waals surface area contributed by atoms with Crippen LogP contribution in [0.15, 0.2) is 24.3 Å². The number of ether oxygens (including phenoxy) is 2. The van der Waals surface area contributed by atoms with Crippen LogP contribution in [0.3, 0.4) is 0 Å². The number of amides is 2. The van der Waals surface area contributed by atoms with E-state index in [1.54, 1.807) is 36.0 Å². The predicted octanol–water partition coefficient (Wildman–Crippen LogP) is 2.24. The monoisotopic (exact) mass is 388 g/mol. The predicted molar refractivity (Wildman–Crippen MR) is 104 cm³/mol. The standard InChI is InChI=1S/C21H28N2O5/c1-3-28-20(25)10-11-22(13-15-4-5-15)21(26)16-12-19(24)23(14-16)17-6-8-18(27-2)9-7-17/h6-9,15-16H,3-5,10-14H2,1-2H3/t16-/m1/s1. The van der Waals surface area contributed by atoms with E-state index in [2.05, 4.69) is 0 Å². The summed E-state index contributed by atoms with van der Waals surface area (Å²) in [6, 6.07) is 7.26. The third-order valence-electron chi connectivity index (χ3n) is 5.24. The Morgan fingerprint density at radius 2 is 1.93 bits per heavy atom. The van der Waals surface area contributed by atoms with E-state index in [-0.39, 0.29) is 36.5 Å². The second-order valence-corrected chi connectivity index (χ2v) is 7.39. The lowest BCUT2D eigenvalue weighted by Crippen LogP contribution is -2.40. The van der Waals surface area contributed by atoms with Gasteiger partial charge in [-0.1, -0.05) is 0 Å². The summed E-state index contributed by atoms with van der Waals surface area (Å²) in [5.74, 6) is 0.466. The molecule has 0 N–H and O–H groups in total. The summed E-state index contributed by atoms with van der Waals surface area (Å²) in [6.45, 7) is 3.48. The molecule has 7 heteroatoms. The highest BCUT2D eigenvalue weighted by molar-refractivity contribution is 6.00. The Kier molecular flexibility index (Phi) is 6.54. The Hall–Kier alpha value is -2.57. The third kappa shape index (κ3) is 5.03. The van der Waals surface area contributed by atoms with Crippen LogP contribution in [0.25, 0.3) is 0 Å². The maximum atomic E-state index is 13.1. The number of rotatable bonds is 9. The van der Waals surface area contributed by atoms with Crippen molar-refractivity contribution in [1.29, 1.82) is 0 Å². The molecule has 0 radical (unpaired) electrons. The van der Waals surface area contributed by atoms with E-state index in [4.69, 9.17) is 9.47 Å². The number of hydrogen-bond acceptors (Lipinski definition) is 5. The Balaban J connectivity index is 1.63. The first-order valence-corrected chi connectivity index (χ1v) is 9.90. The molecule has 2 aliphatic rings. The molecular weight excluding hydrogens is 360 g/mol. The van der Waals surface area contributed by atoms with Crippen molar-refractivity contribution in [3.63, 3.8) is 0 Å². The fourth-order valence-corrected chi connectivity index (χ4v) is 3.51. The molecule has 1 saturated heterocycles. The van der Waals surface area contributed by atoms with Gasteiger partial charge in [0.15, 0.2) is 0 Å². The fourth-order valence-electron chi connectivity index (χ4n) is 3.51. The average Bonchev–Trinajstić information content (AvgIpc) is 3.44. The molecule has 0 bridgehead atoms. The lowest BCUT2D eigenvalue weighted by atomic mass is 10.1. The van der Waals surface area contributed by atoms with Crippen molar-refractivity contribution < 1.29 is 23.9 Å². The lowest BCUT2D eigenvalue weighted by molar-refractivity contribution is -0.144. The second-order valence-electron chi connectivity index (χ2n) is 7.39. The van der Waals surface area contributed by atoms with Crippen molar-refractivity contribution in [3.8, 4) is 5.75 Å². The molecule has 0 spiro atoms. The zero-order valence-electron chi connectivity index (χ0n) is 16.6. The van der Waals surface area contributed by atoms with Crippen LogP contribution >= 0.6 is 0 Å². The third-order valence-corrected chi connectivity index (χ3v) is 5.24. The van der Waals surface area contributed by atoms with Crippen molar-refractivity contribution in [2.24, 2.45) is 11.8 Å². The zero-order valence-corrected chi connectivity index (χ0v) is 16.6. The Bertz CT molecular complexity index is 714. The quantitative estimate of drug-likeness (QED) is 0.607. The number of nitrogens with zero attached hydrogens (tertiary/aromatic N) is 2. The van der Waals surface area contributed by atoms with Crippen LogP contribution in [0.4, 0.5) is 5.69 Å². The number of benzene rings is 1. The number of hydrogen-bond donors (Lipinski definition) is 0. The van der Waals surface area contributed by atoms with E-state index in [1.165, 1.54) is 0 Å². The molecule has 1 aromatic rings. The first-order valence-electron chi connectivity index (χ1n) is 9.90. The zero-order chi connectivity index (χ0) is 20.1. The van der Waals surface area contributed by atoms with E-state index in [9.17, 15) is 14.4 Å². The van der Waals surface area contributed by atoms with Gasteiger partial charge in [-0.25, -0.2) is 0 Å². The summed E-state index contributed by atoms with van der Waals surface area (Å²) in [5, 5.41) is 0. The van der Waals surface area contributed by atoms with Crippen molar-refractivity contribution in [1.82, 2.24) is 4.90 Å². The highest BCUT2D eigenvalue weighted by Gasteiger charge is 2.38. The molecule has 2 amide bonds. The van der Waals surface area contributed by atoms with Crippen LogP contribution in [0, 0.1) is 11.8 Å². The van der Waals surface area contributed by atoms with Crippen LogP contribution in [0.5, 0.6) is 5.75 Å². The molecule has 1 heterocycles. The van der Waals surface area contributed by atoms with Crippen LogP contribution in [0.1, 0.15) is 32.6 Å². The fraction of sp³-hybridized carbons (Fsp3) is 0.571. The van der Waals surface area contributed by atoms with Gasteiger partial charge in [-0.2, -0.15) is 0 Å². The highest BCUT2D eigenvalue weighted by Crippen LogP contribution is 2.32. The topological polar surface area (TPSA) is 76.2 Å². The lowest BCUT2D eigenvalue weighted by Gasteiger charge is -2.25. The molecule has 2 fully saturated rings. The van der Waals surface area contributed by atoms with Crippen molar-refractivity contribution in [3.05, 3.63) is 24.3 Å². The maximum Gasteiger partial charge on any atom is 0.307 e. The normalized spacial score (nSPS) is 18.9. The van der Waals surface area contributed by atoms with E-state index in [0.717, 1.165) is 24.3 Å².